The van der Waals surface area contributed by atoms with E-state index in [-0.39, 0.29) is 6.04 Å². The summed E-state index contributed by atoms with van der Waals surface area (Å²) >= 11 is 11.7. The van der Waals surface area contributed by atoms with Gasteiger partial charge in [-0.3, -0.25) is 0 Å². The molecule has 0 amide bonds. The molecule has 4 nitrogen and oxygen atoms in total. The molecule has 1 heterocycles. The van der Waals surface area contributed by atoms with Crippen molar-refractivity contribution in [3.05, 3.63) is 34.1 Å². The molecule has 1 aromatic carbocycles. The van der Waals surface area contributed by atoms with Gasteiger partial charge in [-0.25, -0.2) is 0 Å². The summed E-state index contributed by atoms with van der Waals surface area (Å²) < 4.78 is 5.08. The second kappa shape index (κ2) is 5.04. The molecule has 0 aliphatic carbocycles. The smallest absolute Gasteiger partial charge is 0.243 e. The first-order valence-electron chi connectivity index (χ1n) is 5.16. The van der Waals surface area contributed by atoms with Gasteiger partial charge in [-0.2, -0.15) is 4.98 Å². The van der Waals surface area contributed by atoms with Crippen molar-refractivity contribution in [1.29, 1.82) is 0 Å². The highest BCUT2D eigenvalue weighted by molar-refractivity contribution is 6.42. The van der Waals surface area contributed by atoms with Crippen molar-refractivity contribution in [2.24, 2.45) is 5.73 Å². The van der Waals surface area contributed by atoms with Crippen LogP contribution in [0.15, 0.2) is 22.7 Å². The Morgan fingerprint density at radius 2 is 2.12 bits per heavy atom. The van der Waals surface area contributed by atoms with Crippen molar-refractivity contribution in [2.75, 3.05) is 0 Å². The van der Waals surface area contributed by atoms with Gasteiger partial charge in [-0.1, -0.05) is 35.3 Å². The van der Waals surface area contributed by atoms with Crippen LogP contribution in [-0.4, -0.2) is 10.1 Å². The van der Waals surface area contributed by atoms with E-state index >= 15 is 0 Å². The summed E-state index contributed by atoms with van der Waals surface area (Å²) in [5.41, 5.74) is 6.54. The molecule has 2 aromatic rings. The van der Waals surface area contributed by atoms with Crippen molar-refractivity contribution in [1.82, 2.24) is 10.1 Å². The molecule has 0 bridgehead atoms. The average molecular weight is 272 g/mol. The number of nitrogens with zero attached hydrogens (tertiary/aromatic N) is 2. The molecule has 1 unspecified atom stereocenters. The number of hydrogen-bond acceptors (Lipinski definition) is 4. The Kier molecular flexibility index (Phi) is 3.66. The third-order valence-electron chi connectivity index (χ3n) is 2.38. The Hall–Kier alpha value is -1.10. The maximum absolute atomic E-state index is 5.92. The first-order chi connectivity index (χ1) is 8.11. The second-order valence-corrected chi connectivity index (χ2v) is 4.41. The molecule has 90 valence electrons. The van der Waals surface area contributed by atoms with E-state index in [0.717, 1.165) is 12.0 Å². The van der Waals surface area contributed by atoms with Crippen molar-refractivity contribution in [3.63, 3.8) is 0 Å². The summed E-state index contributed by atoms with van der Waals surface area (Å²) in [6, 6.07) is 4.92. The highest BCUT2D eigenvalue weighted by Gasteiger charge is 2.14. The van der Waals surface area contributed by atoms with Crippen LogP contribution in [-0.2, 0) is 0 Å². The van der Waals surface area contributed by atoms with Crippen LogP contribution in [0.3, 0.4) is 0 Å². The molecule has 2 N–H and O–H groups in total. The maximum Gasteiger partial charge on any atom is 0.243 e. The number of halogens is 2. The summed E-state index contributed by atoms with van der Waals surface area (Å²) in [7, 11) is 0. The van der Waals surface area contributed by atoms with E-state index in [1.165, 1.54) is 0 Å². The molecular formula is C11H11Cl2N3O. The number of nitrogens with two attached hydrogens (primary N) is 1. The largest absolute Gasteiger partial charge is 0.337 e. The lowest BCUT2D eigenvalue weighted by Gasteiger charge is -1.99. The van der Waals surface area contributed by atoms with E-state index in [0.29, 0.717) is 21.8 Å². The summed E-state index contributed by atoms with van der Waals surface area (Å²) in [5, 5.41) is 4.80. The van der Waals surface area contributed by atoms with Crippen LogP contribution in [0.5, 0.6) is 0 Å². The van der Waals surface area contributed by atoms with Crippen molar-refractivity contribution in [2.45, 2.75) is 19.4 Å². The summed E-state index contributed by atoms with van der Waals surface area (Å²) in [6.07, 6.45) is 0.739. The maximum atomic E-state index is 5.92. The third-order valence-corrected chi connectivity index (χ3v) is 3.12. The van der Waals surface area contributed by atoms with E-state index in [4.69, 9.17) is 33.5 Å². The zero-order chi connectivity index (χ0) is 12.4. The lowest BCUT2D eigenvalue weighted by molar-refractivity contribution is 0.352. The minimum atomic E-state index is -0.237. The van der Waals surface area contributed by atoms with Gasteiger partial charge in [-0.05, 0) is 24.6 Å². The van der Waals surface area contributed by atoms with Gasteiger partial charge in [0.05, 0.1) is 16.1 Å². The molecule has 0 aliphatic heterocycles. The van der Waals surface area contributed by atoms with Gasteiger partial charge < -0.3 is 10.3 Å². The fourth-order valence-corrected chi connectivity index (χ4v) is 1.61. The first-order valence-corrected chi connectivity index (χ1v) is 5.92. The topological polar surface area (TPSA) is 64.9 Å². The molecule has 17 heavy (non-hydrogen) atoms. The van der Waals surface area contributed by atoms with Gasteiger partial charge in [0.2, 0.25) is 11.7 Å². The van der Waals surface area contributed by atoms with E-state index in [9.17, 15) is 0 Å². The van der Waals surface area contributed by atoms with E-state index in [1.807, 2.05) is 6.92 Å². The van der Waals surface area contributed by atoms with Crippen LogP contribution >= 0.6 is 23.2 Å². The predicted molar refractivity (Wildman–Crippen MR) is 67.0 cm³/mol. The van der Waals surface area contributed by atoms with Gasteiger partial charge >= 0.3 is 0 Å². The van der Waals surface area contributed by atoms with E-state index in [2.05, 4.69) is 10.1 Å². The standard InChI is InChI=1S/C11H11Cl2N3O/c1-2-9(14)11-15-10(16-17-11)6-3-4-7(12)8(13)5-6/h3-5,9H,2,14H2,1H3. The Balaban J connectivity index is 2.33. The molecule has 2 rings (SSSR count). The SMILES string of the molecule is CCC(N)c1nc(-c2ccc(Cl)c(Cl)c2)no1. The van der Waals surface area contributed by atoms with Gasteiger partial charge in [-0.15, -0.1) is 0 Å². The fourth-order valence-electron chi connectivity index (χ4n) is 1.31. The van der Waals surface area contributed by atoms with Crippen LogP contribution in [0, 0.1) is 0 Å². The lowest BCUT2D eigenvalue weighted by Crippen LogP contribution is -2.08. The highest BCUT2D eigenvalue weighted by Crippen LogP contribution is 2.27. The molecule has 0 fully saturated rings. The minimum Gasteiger partial charge on any atom is -0.337 e. The highest BCUT2D eigenvalue weighted by atomic mass is 35.5. The van der Waals surface area contributed by atoms with Crippen LogP contribution in [0.25, 0.3) is 11.4 Å². The Morgan fingerprint density at radius 1 is 1.35 bits per heavy atom. The molecule has 0 spiro atoms. The predicted octanol–water partition coefficient (Wildman–Crippen LogP) is 3.45. The van der Waals surface area contributed by atoms with Gasteiger partial charge in [0, 0.05) is 5.56 Å². The molecule has 0 radical (unpaired) electrons. The lowest BCUT2D eigenvalue weighted by atomic mass is 10.2. The van der Waals surface area contributed by atoms with Crippen molar-refractivity contribution >= 4 is 23.2 Å². The van der Waals surface area contributed by atoms with Crippen LogP contribution in [0.2, 0.25) is 10.0 Å². The molecule has 0 saturated carbocycles. The zero-order valence-corrected chi connectivity index (χ0v) is 10.7. The minimum absolute atomic E-state index is 0.237. The van der Waals surface area contributed by atoms with Crippen LogP contribution in [0.4, 0.5) is 0 Å². The van der Waals surface area contributed by atoms with Crippen LogP contribution < -0.4 is 5.73 Å². The number of rotatable bonds is 3. The van der Waals surface area contributed by atoms with Crippen molar-refractivity contribution in [3.8, 4) is 11.4 Å². The van der Waals surface area contributed by atoms with Crippen molar-refractivity contribution < 1.29 is 4.52 Å². The Bertz CT molecular complexity index is 527. The zero-order valence-electron chi connectivity index (χ0n) is 9.15. The molecule has 1 aromatic heterocycles. The molecule has 6 heteroatoms. The Labute approximate surface area is 109 Å². The summed E-state index contributed by atoms with van der Waals surface area (Å²) in [4.78, 5) is 4.22. The van der Waals surface area contributed by atoms with Crippen LogP contribution in [0.1, 0.15) is 25.3 Å². The summed E-state index contributed by atoms with van der Waals surface area (Å²) in [5.74, 6) is 0.885. The number of benzene rings is 1. The first kappa shape index (κ1) is 12.4. The summed E-state index contributed by atoms with van der Waals surface area (Å²) in [6.45, 7) is 1.95. The fraction of sp³-hybridized carbons (Fsp3) is 0.273. The van der Waals surface area contributed by atoms with Gasteiger partial charge in [0.1, 0.15) is 0 Å². The van der Waals surface area contributed by atoms with E-state index < -0.39 is 0 Å². The Morgan fingerprint density at radius 3 is 2.76 bits per heavy atom. The van der Waals surface area contributed by atoms with Gasteiger partial charge in [0.25, 0.3) is 0 Å². The average Bonchev–Trinajstić information content (AvgIpc) is 2.81. The number of hydrogen-bond donors (Lipinski definition) is 1. The molecule has 0 aliphatic rings. The van der Waals surface area contributed by atoms with E-state index in [1.54, 1.807) is 18.2 Å². The third kappa shape index (κ3) is 2.60. The van der Waals surface area contributed by atoms with Gasteiger partial charge in [0.15, 0.2) is 0 Å². The quantitative estimate of drug-likeness (QED) is 0.929. The number of aromatic nitrogens is 2. The monoisotopic (exact) mass is 271 g/mol. The molecular weight excluding hydrogens is 261 g/mol. The second-order valence-electron chi connectivity index (χ2n) is 3.60. The molecule has 0 saturated heterocycles. The molecule has 1 atom stereocenters. The normalized spacial score (nSPS) is 12.7.